The Morgan fingerprint density at radius 3 is 3.00 bits per heavy atom. The van der Waals surface area contributed by atoms with Crippen LogP contribution in [0.15, 0.2) is 28.6 Å². The van der Waals surface area contributed by atoms with Crippen LogP contribution in [0.1, 0.15) is 0 Å². The summed E-state index contributed by atoms with van der Waals surface area (Å²) in [4.78, 5) is 4.18. The average Bonchev–Trinajstić information content (AvgIpc) is 2.73. The van der Waals surface area contributed by atoms with Crippen LogP contribution in [0.4, 0.5) is 0 Å². The van der Waals surface area contributed by atoms with Gasteiger partial charge in [-0.05, 0) is 12.1 Å². The highest BCUT2D eigenvalue weighted by atomic mass is 32.2. The predicted molar refractivity (Wildman–Crippen MR) is 61.9 cm³/mol. The average molecular weight is 258 g/mol. The molecule has 0 aliphatic carbocycles. The lowest BCUT2D eigenvalue weighted by Gasteiger charge is -2.05. The topological polar surface area (TPSA) is 79.3 Å². The van der Waals surface area contributed by atoms with E-state index in [4.69, 9.17) is 5.11 Å². The molecule has 0 bridgehead atoms. The SMILES string of the molecule is O=S(=O)(NCCO)c1cccc2scnc12. The van der Waals surface area contributed by atoms with E-state index < -0.39 is 10.0 Å². The Labute approximate surface area is 96.8 Å². The van der Waals surface area contributed by atoms with Crippen molar-refractivity contribution in [1.82, 2.24) is 9.71 Å². The largest absolute Gasteiger partial charge is 0.395 e. The predicted octanol–water partition coefficient (Wildman–Crippen LogP) is 0.567. The van der Waals surface area contributed by atoms with Crippen molar-refractivity contribution >= 4 is 31.6 Å². The minimum absolute atomic E-state index is 0.00284. The number of aliphatic hydroxyl groups is 1. The van der Waals surface area contributed by atoms with Crippen LogP contribution in [0.3, 0.4) is 0 Å². The lowest BCUT2D eigenvalue weighted by Crippen LogP contribution is -2.26. The first-order valence-electron chi connectivity index (χ1n) is 4.58. The van der Waals surface area contributed by atoms with Crippen molar-refractivity contribution in [3.05, 3.63) is 23.7 Å². The highest BCUT2D eigenvalue weighted by molar-refractivity contribution is 7.89. The highest BCUT2D eigenvalue weighted by Gasteiger charge is 2.17. The lowest BCUT2D eigenvalue weighted by molar-refractivity contribution is 0.301. The lowest BCUT2D eigenvalue weighted by atomic mass is 10.3. The number of hydrogen-bond acceptors (Lipinski definition) is 5. The summed E-state index contributed by atoms with van der Waals surface area (Å²) >= 11 is 1.39. The zero-order chi connectivity index (χ0) is 11.6. The van der Waals surface area contributed by atoms with Crippen LogP contribution in [0.2, 0.25) is 0 Å². The van der Waals surface area contributed by atoms with E-state index in [0.29, 0.717) is 5.52 Å². The van der Waals surface area contributed by atoms with Crippen molar-refractivity contribution in [2.75, 3.05) is 13.2 Å². The molecule has 0 spiro atoms. The molecule has 0 unspecified atom stereocenters. The fourth-order valence-electron chi connectivity index (χ4n) is 1.33. The number of aliphatic hydroxyl groups excluding tert-OH is 1. The molecule has 5 nitrogen and oxygen atoms in total. The van der Waals surface area contributed by atoms with Gasteiger partial charge in [-0.25, -0.2) is 18.1 Å². The third kappa shape index (κ3) is 2.07. The van der Waals surface area contributed by atoms with Crippen molar-refractivity contribution in [2.24, 2.45) is 0 Å². The van der Waals surface area contributed by atoms with Crippen LogP contribution in [-0.2, 0) is 10.0 Å². The van der Waals surface area contributed by atoms with E-state index in [-0.39, 0.29) is 18.0 Å². The summed E-state index contributed by atoms with van der Waals surface area (Å²) in [6, 6.07) is 4.99. The molecule has 7 heteroatoms. The van der Waals surface area contributed by atoms with Crippen LogP contribution in [0.25, 0.3) is 10.2 Å². The Balaban J connectivity index is 2.50. The molecule has 16 heavy (non-hydrogen) atoms. The van der Waals surface area contributed by atoms with Gasteiger partial charge in [0.1, 0.15) is 10.4 Å². The number of sulfonamides is 1. The number of rotatable bonds is 4. The Morgan fingerprint density at radius 2 is 2.25 bits per heavy atom. The maximum absolute atomic E-state index is 11.8. The molecule has 0 radical (unpaired) electrons. The normalized spacial score (nSPS) is 12.1. The van der Waals surface area contributed by atoms with Crippen molar-refractivity contribution in [2.45, 2.75) is 4.90 Å². The van der Waals surface area contributed by atoms with Crippen molar-refractivity contribution < 1.29 is 13.5 Å². The first kappa shape index (κ1) is 11.5. The first-order chi connectivity index (χ1) is 7.65. The van der Waals surface area contributed by atoms with E-state index >= 15 is 0 Å². The second-order valence-corrected chi connectivity index (χ2v) is 5.70. The number of nitrogens with zero attached hydrogens (tertiary/aromatic N) is 1. The van der Waals surface area contributed by atoms with Gasteiger partial charge >= 0.3 is 0 Å². The van der Waals surface area contributed by atoms with Gasteiger partial charge < -0.3 is 5.11 Å². The molecule has 0 saturated carbocycles. The molecule has 1 aromatic carbocycles. The number of nitrogens with one attached hydrogen (secondary N) is 1. The van der Waals surface area contributed by atoms with Gasteiger partial charge in [0.15, 0.2) is 0 Å². The highest BCUT2D eigenvalue weighted by Crippen LogP contribution is 2.24. The van der Waals surface area contributed by atoms with Gasteiger partial charge in [-0.1, -0.05) is 6.07 Å². The van der Waals surface area contributed by atoms with Gasteiger partial charge in [-0.15, -0.1) is 11.3 Å². The molecule has 2 N–H and O–H groups in total. The number of fused-ring (bicyclic) bond motifs is 1. The molecule has 0 saturated heterocycles. The van der Waals surface area contributed by atoms with E-state index in [9.17, 15) is 8.42 Å². The molecule has 2 rings (SSSR count). The van der Waals surface area contributed by atoms with Crippen LogP contribution < -0.4 is 4.72 Å². The number of thiazole rings is 1. The van der Waals surface area contributed by atoms with Crippen molar-refractivity contribution in [3.8, 4) is 0 Å². The van der Waals surface area contributed by atoms with E-state index in [0.717, 1.165) is 4.70 Å². The summed E-state index contributed by atoms with van der Waals surface area (Å²) in [5.41, 5.74) is 2.08. The molecule has 0 fully saturated rings. The standard InChI is InChI=1S/C9H10N2O3S2/c12-5-4-11-16(13,14)8-3-1-2-7-9(8)10-6-15-7/h1-3,6,11-12H,4-5H2. The summed E-state index contributed by atoms with van der Waals surface area (Å²) in [5.74, 6) is 0. The second kappa shape index (κ2) is 4.46. The monoisotopic (exact) mass is 258 g/mol. The fourth-order valence-corrected chi connectivity index (χ4v) is 3.29. The van der Waals surface area contributed by atoms with Gasteiger partial charge in [0.25, 0.3) is 0 Å². The molecule has 0 aliphatic heterocycles. The summed E-state index contributed by atoms with van der Waals surface area (Å²) in [7, 11) is -3.58. The number of hydrogen-bond donors (Lipinski definition) is 2. The van der Waals surface area contributed by atoms with Gasteiger partial charge in [0, 0.05) is 6.54 Å². The van der Waals surface area contributed by atoms with E-state index in [1.807, 2.05) is 6.07 Å². The Morgan fingerprint density at radius 1 is 1.44 bits per heavy atom. The molecule has 1 heterocycles. The maximum atomic E-state index is 11.8. The minimum atomic E-state index is -3.58. The van der Waals surface area contributed by atoms with Gasteiger partial charge in [0.2, 0.25) is 10.0 Å². The maximum Gasteiger partial charge on any atom is 0.242 e. The molecular formula is C9H10N2O3S2. The summed E-state index contributed by atoms with van der Waals surface area (Å²) < 4.78 is 26.8. The zero-order valence-corrected chi connectivity index (χ0v) is 9.88. The van der Waals surface area contributed by atoms with E-state index in [1.165, 1.54) is 17.4 Å². The van der Waals surface area contributed by atoms with Gasteiger partial charge in [-0.2, -0.15) is 0 Å². The fraction of sp³-hybridized carbons (Fsp3) is 0.222. The van der Waals surface area contributed by atoms with Gasteiger partial charge in [0.05, 0.1) is 16.8 Å². The third-order valence-corrected chi connectivity index (χ3v) is 4.30. The molecule has 2 aromatic rings. The minimum Gasteiger partial charge on any atom is -0.395 e. The summed E-state index contributed by atoms with van der Waals surface area (Å²) in [6.45, 7) is -0.227. The quantitative estimate of drug-likeness (QED) is 0.840. The van der Waals surface area contributed by atoms with E-state index in [2.05, 4.69) is 9.71 Å². The molecule has 0 aliphatic rings. The molecule has 0 atom stereocenters. The number of benzene rings is 1. The Hall–Kier alpha value is -1.02. The van der Waals surface area contributed by atoms with Crippen LogP contribution in [0.5, 0.6) is 0 Å². The van der Waals surface area contributed by atoms with E-state index in [1.54, 1.807) is 11.6 Å². The molecular weight excluding hydrogens is 248 g/mol. The van der Waals surface area contributed by atoms with Gasteiger partial charge in [-0.3, -0.25) is 0 Å². The third-order valence-electron chi connectivity index (χ3n) is 2.02. The molecule has 0 amide bonds. The number of aromatic nitrogens is 1. The van der Waals surface area contributed by atoms with Crippen molar-refractivity contribution in [1.29, 1.82) is 0 Å². The summed E-state index contributed by atoms with van der Waals surface area (Å²) in [5, 5.41) is 8.61. The smallest absolute Gasteiger partial charge is 0.242 e. The second-order valence-electron chi connectivity index (χ2n) is 3.08. The first-order valence-corrected chi connectivity index (χ1v) is 6.94. The summed E-state index contributed by atoms with van der Waals surface area (Å²) in [6.07, 6.45) is 0. The Bertz CT molecular complexity index is 592. The van der Waals surface area contributed by atoms with Crippen LogP contribution in [-0.4, -0.2) is 31.7 Å². The molecule has 86 valence electrons. The zero-order valence-electron chi connectivity index (χ0n) is 8.25. The van der Waals surface area contributed by atoms with Crippen LogP contribution >= 0.6 is 11.3 Å². The molecule has 1 aromatic heterocycles. The Kier molecular flexibility index (Phi) is 3.20. The number of para-hydroxylation sites is 1. The van der Waals surface area contributed by atoms with Crippen molar-refractivity contribution in [3.63, 3.8) is 0 Å². The van der Waals surface area contributed by atoms with Crippen LogP contribution in [0, 0.1) is 0 Å².